The molecule has 1 aromatic heterocycles. The summed E-state index contributed by atoms with van der Waals surface area (Å²) in [6, 6.07) is 10.6. The molecule has 4 nitrogen and oxygen atoms in total. The highest BCUT2D eigenvalue weighted by molar-refractivity contribution is 5.31. The molecular formula is C17H24N4. The molecule has 0 amide bonds. The van der Waals surface area contributed by atoms with Crippen LogP contribution < -0.4 is 5.32 Å². The van der Waals surface area contributed by atoms with Crippen LogP contribution in [0, 0.1) is 5.92 Å². The molecule has 3 rings (SSSR count). The molecule has 21 heavy (non-hydrogen) atoms. The van der Waals surface area contributed by atoms with Gasteiger partial charge < -0.3 is 10.2 Å². The van der Waals surface area contributed by atoms with Crippen molar-refractivity contribution in [2.75, 3.05) is 26.7 Å². The summed E-state index contributed by atoms with van der Waals surface area (Å²) in [6.45, 7) is 5.74. The van der Waals surface area contributed by atoms with Crippen LogP contribution in [0.25, 0.3) is 5.69 Å². The first-order valence-corrected chi connectivity index (χ1v) is 7.74. The predicted octanol–water partition coefficient (Wildman–Crippen LogP) is 2.47. The van der Waals surface area contributed by atoms with Gasteiger partial charge in [-0.15, -0.1) is 0 Å². The van der Waals surface area contributed by atoms with Crippen LogP contribution in [0.3, 0.4) is 0 Å². The first-order chi connectivity index (χ1) is 10.2. The molecule has 0 saturated carbocycles. The molecule has 1 aromatic carbocycles. The largest absolute Gasteiger partial charge is 0.310 e. The first kappa shape index (κ1) is 14.3. The van der Waals surface area contributed by atoms with E-state index in [2.05, 4.69) is 47.6 Å². The van der Waals surface area contributed by atoms with E-state index in [0.29, 0.717) is 6.04 Å². The normalized spacial score (nSPS) is 20.8. The van der Waals surface area contributed by atoms with Crippen molar-refractivity contribution in [1.82, 2.24) is 20.0 Å². The van der Waals surface area contributed by atoms with Crippen LogP contribution in [-0.2, 0) is 0 Å². The summed E-state index contributed by atoms with van der Waals surface area (Å²) in [5.74, 6) is 0.779. The highest BCUT2D eigenvalue weighted by atomic mass is 15.3. The lowest BCUT2D eigenvalue weighted by molar-refractivity contribution is 0.382. The lowest BCUT2D eigenvalue weighted by atomic mass is 10.1. The summed E-state index contributed by atoms with van der Waals surface area (Å²) >= 11 is 0. The minimum absolute atomic E-state index is 0.341. The molecule has 1 N–H and O–H groups in total. The van der Waals surface area contributed by atoms with Gasteiger partial charge in [0.25, 0.3) is 0 Å². The average molecular weight is 284 g/mol. The van der Waals surface area contributed by atoms with Crippen molar-refractivity contribution in [2.45, 2.75) is 19.4 Å². The number of likely N-dealkylation sites (tertiary alicyclic amines) is 1. The topological polar surface area (TPSA) is 33.1 Å². The van der Waals surface area contributed by atoms with E-state index in [1.54, 1.807) is 0 Å². The van der Waals surface area contributed by atoms with E-state index in [4.69, 9.17) is 0 Å². The van der Waals surface area contributed by atoms with Gasteiger partial charge in [0.2, 0.25) is 0 Å². The second kappa shape index (κ2) is 6.41. The minimum Gasteiger partial charge on any atom is -0.310 e. The van der Waals surface area contributed by atoms with Crippen molar-refractivity contribution in [2.24, 2.45) is 5.92 Å². The maximum absolute atomic E-state index is 4.47. The summed E-state index contributed by atoms with van der Waals surface area (Å²) in [5, 5.41) is 8.11. The van der Waals surface area contributed by atoms with Crippen molar-refractivity contribution in [3.05, 3.63) is 48.3 Å². The minimum atomic E-state index is 0.341. The van der Waals surface area contributed by atoms with Gasteiger partial charge in [-0.2, -0.15) is 5.10 Å². The predicted molar refractivity (Wildman–Crippen MR) is 85.6 cm³/mol. The highest BCUT2D eigenvalue weighted by Gasteiger charge is 2.20. The van der Waals surface area contributed by atoms with Gasteiger partial charge in [-0.25, -0.2) is 4.68 Å². The number of para-hydroxylation sites is 1. The third-order valence-electron chi connectivity index (χ3n) is 4.32. The number of hydrogen-bond donors (Lipinski definition) is 1. The molecular weight excluding hydrogens is 260 g/mol. The summed E-state index contributed by atoms with van der Waals surface area (Å²) in [5.41, 5.74) is 2.35. The number of nitrogens with one attached hydrogen (secondary N) is 1. The van der Waals surface area contributed by atoms with Gasteiger partial charge in [0, 0.05) is 24.3 Å². The molecule has 0 spiro atoms. The van der Waals surface area contributed by atoms with Crippen molar-refractivity contribution >= 4 is 0 Å². The smallest absolute Gasteiger partial charge is 0.0645 e. The van der Waals surface area contributed by atoms with Crippen LogP contribution in [0.15, 0.2) is 42.7 Å². The van der Waals surface area contributed by atoms with Crippen molar-refractivity contribution in [1.29, 1.82) is 0 Å². The van der Waals surface area contributed by atoms with Gasteiger partial charge in [0.15, 0.2) is 0 Å². The van der Waals surface area contributed by atoms with E-state index < -0.39 is 0 Å². The second-order valence-electron chi connectivity index (χ2n) is 6.10. The molecule has 2 atom stereocenters. The van der Waals surface area contributed by atoms with Gasteiger partial charge in [-0.3, -0.25) is 0 Å². The van der Waals surface area contributed by atoms with Crippen molar-refractivity contribution in [3.8, 4) is 5.69 Å². The Bertz CT molecular complexity index is 563. The van der Waals surface area contributed by atoms with Crippen LogP contribution in [-0.4, -0.2) is 41.4 Å². The van der Waals surface area contributed by atoms with E-state index in [1.807, 2.05) is 29.1 Å². The van der Waals surface area contributed by atoms with E-state index in [9.17, 15) is 0 Å². The van der Waals surface area contributed by atoms with E-state index in [-0.39, 0.29) is 0 Å². The van der Waals surface area contributed by atoms with E-state index >= 15 is 0 Å². The number of hydrogen-bond acceptors (Lipinski definition) is 3. The lowest BCUT2D eigenvalue weighted by Crippen LogP contribution is -2.27. The third-order valence-corrected chi connectivity index (χ3v) is 4.32. The molecule has 2 aromatic rings. The summed E-state index contributed by atoms with van der Waals surface area (Å²) in [7, 11) is 2.20. The fraction of sp³-hybridized carbons (Fsp3) is 0.471. The quantitative estimate of drug-likeness (QED) is 0.915. The molecule has 2 unspecified atom stereocenters. The Kier molecular flexibility index (Phi) is 4.36. The Hall–Kier alpha value is -1.65. The van der Waals surface area contributed by atoms with Crippen molar-refractivity contribution in [3.63, 3.8) is 0 Å². The highest BCUT2D eigenvalue weighted by Crippen LogP contribution is 2.17. The van der Waals surface area contributed by atoms with Crippen LogP contribution in [0.2, 0.25) is 0 Å². The molecule has 0 aliphatic carbocycles. The monoisotopic (exact) mass is 284 g/mol. The second-order valence-corrected chi connectivity index (χ2v) is 6.10. The number of rotatable bonds is 5. The zero-order valence-corrected chi connectivity index (χ0v) is 12.9. The molecule has 1 aliphatic rings. The zero-order valence-electron chi connectivity index (χ0n) is 12.9. The molecule has 0 bridgehead atoms. The molecule has 1 saturated heterocycles. The third kappa shape index (κ3) is 3.52. The van der Waals surface area contributed by atoms with Crippen LogP contribution in [0.5, 0.6) is 0 Å². The van der Waals surface area contributed by atoms with Crippen LogP contribution in [0.1, 0.15) is 24.9 Å². The molecule has 1 aliphatic heterocycles. The summed E-state index contributed by atoms with van der Waals surface area (Å²) in [6.07, 6.45) is 5.39. The SMILES string of the molecule is CC(NCC1CCN(C)C1)c1cnn(-c2ccccc2)c1. The Labute approximate surface area is 126 Å². The van der Waals surface area contributed by atoms with Gasteiger partial charge in [-0.05, 0) is 51.5 Å². The molecule has 4 heteroatoms. The van der Waals surface area contributed by atoms with E-state index in [1.165, 1.54) is 25.1 Å². The van der Waals surface area contributed by atoms with Crippen LogP contribution >= 0.6 is 0 Å². The average Bonchev–Trinajstić information content (AvgIpc) is 3.15. The fourth-order valence-electron chi connectivity index (χ4n) is 2.94. The fourth-order valence-corrected chi connectivity index (χ4v) is 2.94. The lowest BCUT2D eigenvalue weighted by Gasteiger charge is -2.16. The zero-order chi connectivity index (χ0) is 14.7. The molecule has 112 valence electrons. The van der Waals surface area contributed by atoms with Gasteiger partial charge in [-0.1, -0.05) is 18.2 Å². The summed E-state index contributed by atoms with van der Waals surface area (Å²) in [4.78, 5) is 2.41. The molecule has 1 fully saturated rings. The van der Waals surface area contributed by atoms with Crippen molar-refractivity contribution < 1.29 is 0 Å². The Balaban J connectivity index is 1.58. The van der Waals surface area contributed by atoms with E-state index in [0.717, 1.165) is 18.2 Å². The maximum atomic E-state index is 4.47. The van der Waals surface area contributed by atoms with Gasteiger partial charge in [0.05, 0.1) is 11.9 Å². The van der Waals surface area contributed by atoms with Crippen LogP contribution in [0.4, 0.5) is 0 Å². The Morgan fingerprint density at radius 1 is 1.33 bits per heavy atom. The molecule has 0 radical (unpaired) electrons. The summed E-state index contributed by atoms with van der Waals surface area (Å²) < 4.78 is 1.94. The standard InChI is InChI=1S/C17H24N4/c1-14(18-10-15-8-9-20(2)12-15)16-11-19-21(13-16)17-6-4-3-5-7-17/h3-7,11,13-15,18H,8-10,12H2,1-2H3. The molecule has 2 heterocycles. The van der Waals surface area contributed by atoms with Gasteiger partial charge in [0.1, 0.15) is 0 Å². The Morgan fingerprint density at radius 3 is 2.86 bits per heavy atom. The number of aromatic nitrogens is 2. The maximum Gasteiger partial charge on any atom is 0.0645 e. The first-order valence-electron chi connectivity index (χ1n) is 7.74. The number of nitrogens with zero attached hydrogens (tertiary/aromatic N) is 3. The van der Waals surface area contributed by atoms with Gasteiger partial charge >= 0.3 is 0 Å². The Morgan fingerprint density at radius 2 is 2.14 bits per heavy atom. The number of benzene rings is 1.